The van der Waals surface area contributed by atoms with Crippen molar-refractivity contribution in [2.45, 2.75) is 89.1 Å². The smallest absolute Gasteiger partial charge is 0.251 e. The van der Waals surface area contributed by atoms with Crippen LogP contribution in [0.1, 0.15) is 108 Å². The second kappa shape index (κ2) is 14.6. The zero-order chi connectivity index (χ0) is 33.7. The van der Waals surface area contributed by atoms with E-state index in [0.717, 1.165) is 54.4 Å². The maximum absolute atomic E-state index is 13.5. The maximum Gasteiger partial charge on any atom is 0.251 e. The lowest BCUT2D eigenvalue weighted by molar-refractivity contribution is -0.130. The Morgan fingerprint density at radius 1 is 0.958 bits per heavy atom. The first-order chi connectivity index (χ1) is 23.4. The highest BCUT2D eigenvalue weighted by Gasteiger charge is 2.47. The number of carbonyl (C=O) groups is 3. The Morgan fingerprint density at radius 3 is 2.12 bits per heavy atom. The summed E-state index contributed by atoms with van der Waals surface area (Å²) in [5.41, 5.74) is 4.32. The van der Waals surface area contributed by atoms with E-state index in [0.29, 0.717) is 68.2 Å². The van der Waals surface area contributed by atoms with E-state index in [-0.39, 0.29) is 36.3 Å². The molecule has 2 fully saturated rings. The number of nitriles is 1. The zero-order valence-electron chi connectivity index (χ0n) is 27.8. The monoisotopic (exact) mass is 651 g/mol. The van der Waals surface area contributed by atoms with Gasteiger partial charge in [-0.25, -0.2) is 5.10 Å². The molecule has 2 atom stereocenters. The first-order valence-electron chi connectivity index (χ1n) is 17.4. The molecule has 0 spiro atoms. The first-order valence-corrected chi connectivity index (χ1v) is 17.4. The molecule has 48 heavy (non-hydrogen) atoms. The third-order valence-corrected chi connectivity index (χ3v) is 10.5. The number of H-pyrrole nitrogens is 1. The molecule has 1 aliphatic heterocycles. The second-order valence-electron chi connectivity index (χ2n) is 13.2. The van der Waals surface area contributed by atoms with Gasteiger partial charge >= 0.3 is 0 Å². The van der Waals surface area contributed by atoms with Crippen molar-refractivity contribution in [1.82, 2.24) is 41.5 Å². The molecule has 6 rings (SSSR count). The van der Waals surface area contributed by atoms with Crippen LogP contribution in [0.15, 0.2) is 36.4 Å². The van der Waals surface area contributed by atoms with Crippen molar-refractivity contribution < 1.29 is 14.4 Å². The van der Waals surface area contributed by atoms with Crippen LogP contribution in [0, 0.1) is 17.2 Å². The van der Waals surface area contributed by atoms with Crippen LogP contribution < -0.4 is 16.0 Å². The van der Waals surface area contributed by atoms with Gasteiger partial charge in [0, 0.05) is 36.8 Å². The molecule has 12 nitrogen and oxygen atoms in total. The zero-order valence-corrected chi connectivity index (χ0v) is 27.8. The van der Waals surface area contributed by atoms with Crippen molar-refractivity contribution in [2.75, 3.05) is 26.2 Å². The summed E-state index contributed by atoms with van der Waals surface area (Å²) in [5.74, 6) is 0.569. The fourth-order valence-corrected chi connectivity index (χ4v) is 8.18. The molecule has 4 N–H and O–H groups in total. The van der Waals surface area contributed by atoms with Crippen LogP contribution in [-0.4, -0.2) is 81.5 Å². The summed E-state index contributed by atoms with van der Waals surface area (Å²) in [6.07, 6.45) is 7.71. The van der Waals surface area contributed by atoms with Crippen molar-refractivity contribution in [3.63, 3.8) is 0 Å². The van der Waals surface area contributed by atoms with Gasteiger partial charge in [0.2, 0.25) is 5.91 Å². The van der Waals surface area contributed by atoms with Crippen LogP contribution >= 0.6 is 0 Å². The molecule has 2 heterocycles. The first kappa shape index (κ1) is 33.3. The maximum atomic E-state index is 13.5. The van der Waals surface area contributed by atoms with Gasteiger partial charge in [-0.1, -0.05) is 25.0 Å². The molecule has 1 saturated heterocycles. The average molecular weight is 652 g/mol. The Morgan fingerprint density at radius 2 is 1.58 bits per heavy atom. The highest BCUT2D eigenvalue weighted by molar-refractivity contribution is 5.95. The van der Waals surface area contributed by atoms with E-state index < -0.39 is 5.41 Å². The molecule has 3 aromatic rings. The molecule has 3 amide bonds. The SMILES string of the molecule is CCNC(=O)c1ccc2c(c1)CCc1cc(C(=O)NCC)ccc1C2(C[C@@H](NCC(=O)N1CCC[C@H]1C#N)C1CCCC1)c1nnn[nH]1. The fraction of sp³-hybridized carbons (Fsp3) is 0.528. The van der Waals surface area contributed by atoms with Gasteiger partial charge in [-0.05, 0) is 122 Å². The average Bonchev–Trinajstić information content (AvgIpc) is 3.91. The topological polar surface area (TPSA) is 169 Å². The highest BCUT2D eigenvalue weighted by atomic mass is 16.2. The van der Waals surface area contributed by atoms with Crippen LogP contribution in [-0.2, 0) is 23.1 Å². The summed E-state index contributed by atoms with van der Waals surface area (Å²) in [6.45, 7) is 5.59. The lowest BCUT2D eigenvalue weighted by atomic mass is 9.66. The van der Waals surface area contributed by atoms with Gasteiger partial charge in [-0.2, -0.15) is 5.26 Å². The van der Waals surface area contributed by atoms with Gasteiger partial charge < -0.3 is 20.9 Å². The lowest BCUT2D eigenvalue weighted by Crippen LogP contribution is -2.48. The minimum absolute atomic E-state index is 0.0581. The van der Waals surface area contributed by atoms with Gasteiger partial charge in [0.1, 0.15) is 6.04 Å². The molecular formula is C36H45N9O3. The Bertz CT molecular complexity index is 1610. The number of nitrogens with zero attached hydrogens (tertiary/aromatic N) is 5. The van der Waals surface area contributed by atoms with Gasteiger partial charge in [0.25, 0.3) is 11.8 Å². The highest BCUT2D eigenvalue weighted by Crippen LogP contribution is 2.48. The van der Waals surface area contributed by atoms with Crippen molar-refractivity contribution in [2.24, 2.45) is 5.92 Å². The van der Waals surface area contributed by atoms with Crippen molar-refractivity contribution in [1.29, 1.82) is 5.26 Å². The number of likely N-dealkylation sites (tertiary alicyclic amines) is 1. The lowest BCUT2D eigenvalue weighted by Gasteiger charge is -2.39. The largest absolute Gasteiger partial charge is 0.352 e. The van der Waals surface area contributed by atoms with E-state index in [9.17, 15) is 19.6 Å². The van der Waals surface area contributed by atoms with Gasteiger partial charge in [-0.3, -0.25) is 14.4 Å². The predicted molar refractivity (Wildman–Crippen MR) is 179 cm³/mol. The number of amides is 3. The number of aromatic nitrogens is 4. The van der Waals surface area contributed by atoms with Gasteiger partial charge in [0.15, 0.2) is 5.82 Å². The van der Waals surface area contributed by atoms with Crippen LogP contribution in [0.2, 0.25) is 0 Å². The number of hydrogen-bond acceptors (Lipinski definition) is 8. The van der Waals surface area contributed by atoms with E-state index in [1.807, 2.05) is 50.2 Å². The number of aromatic amines is 1. The number of carbonyl (C=O) groups excluding carboxylic acids is 3. The normalized spacial score (nSPS) is 19.1. The van der Waals surface area contributed by atoms with E-state index in [1.54, 1.807) is 4.90 Å². The summed E-state index contributed by atoms with van der Waals surface area (Å²) < 4.78 is 0. The Balaban J connectivity index is 1.48. The minimum Gasteiger partial charge on any atom is -0.352 e. The Hall–Kier alpha value is -4.63. The molecule has 1 aromatic heterocycles. The van der Waals surface area contributed by atoms with E-state index in [4.69, 9.17) is 0 Å². The number of aryl methyl sites for hydroxylation is 2. The quantitative estimate of drug-likeness (QED) is 0.245. The summed E-state index contributed by atoms with van der Waals surface area (Å²) in [4.78, 5) is 41.2. The molecule has 3 aliphatic rings. The van der Waals surface area contributed by atoms with Crippen LogP contribution in [0.4, 0.5) is 0 Å². The van der Waals surface area contributed by atoms with E-state index in [1.165, 1.54) is 0 Å². The molecule has 252 valence electrons. The third kappa shape index (κ3) is 6.43. The van der Waals surface area contributed by atoms with Gasteiger partial charge in [-0.15, -0.1) is 5.10 Å². The van der Waals surface area contributed by atoms with Crippen molar-refractivity contribution >= 4 is 17.7 Å². The van der Waals surface area contributed by atoms with Crippen molar-refractivity contribution in [3.8, 4) is 6.07 Å². The number of fused-ring (bicyclic) bond motifs is 2. The van der Waals surface area contributed by atoms with Crippen LogP contribution in [0.5, 0.6) is 0 Å². The number of hydrogen-bond donors (Lipinski definition) is 4. The van der Waals surface area contributed by atoms with E-state index in [2.05, 4.69) is 42.6 Å². The molecule has 0 unspecified atom stereocenters. The molecule has 1 saturated carbocycles. The summed E-state index contributed by atoms with van der Waals surface area (Å²) in [6, 6.07) is 13.6. The molecular weight excluding hydrogens is 606 g/mol. The number of tetrazole rings is 1. The molecule has 2 aromatic carbocycles. The molecule has 2 aliphatic carbocycles. The second-order valence-corrected chi connectivity index (χ2v) is 13.2. The number of nitrogens with one attached hydrogen (secondary N) is 4. The van der Waals surface area contributed by atoms with Crippen LogP contribution in [0.25, 0.3) is 0 Å². The van der Waals surface area contributed by atoms with Crippen LogP contribution in [0.3, 0.4) is 0 Å². The molecule has 0 radical (unpaired) electrons. The van der Waals surface area contributed by atoms with E-state index >= 15 is 0 Å². The summed E-state index contributed by atoms with van der Waals surface area (Å²) in [5, 5.41) is 34.9. The minimum atomic E-state index is -0.879. The van der Waals surface area contributed by atoms with Crippen molar-refractivity contribution in [3.05, 3.63) is 75.6 Å². The molecule has 12 heteroatoms. The summed E-state index contributed by atoms with van der Waals surface area (Å²) in [7, 11) is 0. The van der Waals surface area contributed by atoms with Gasteiger partial charge in [0.05, 0.1) is 18.0 Å². The third-order valence-electron chi connectivity index (χ3n) is 10.5. The standard InChI is InChI=1S/C36H45N9O3/c1-3-38-33(47)26-13-15-29-24(18-26)11-12-25-19-27(34(48)39-4-2)14-16-30(25)36(29,35-41-43-44-42-35)20-31(23-8-5-6-9-23)40-22-32(46)45-17-7-10-28(45)21-37/h13-16,18-19,23,28,31,40H,3-12,17,20,22H2,1-2H3,(H,38,47)(H,39,48)(H,41,42,43,44)/t28-,31+/m0/s1. The Kier molecular flexibility index (Phi) is 10.2. The Labute approximate surface area is 281 Å². The fourth-order valence-electron chi connectivity index (χ4n) is 8.18. The summed E-state index contributed by atoms with van der Waals surface area (Å²) >= 11 is 0. The molecule has 0 bridgehead atoms. The number of benzene rings is 2. The number of rotatable bonds is 11. The predicted octanol–water partition coefficient (Wildman–Crippen LogP) is 3.19.